The number of unbranched alkanes of at least 4 members (excludes halogenated alkanes) is 8. The first-order valence-electron chi connectivity index (χ1n) is 8.88. The predicted octanol–water partition coefficient (Wildman–Crippen LogP) is 3.51. The maximum absolute atomic E-state index is 10.3. The Hall–Kier alpha value is -0.870. The molecule has 0 aromatic rings. The van der Waals surface area contributed by atoms with E-state index in [4.69, 9.17) is 4.84 Å². The standard InChI is InChI=1S/C18H35NO3/c1-3-5-6-7-8-9-10-11-12-14-17(13-4-2)19-22-16-15-18(20)21/h4,17,19H,2-3,5-16H2,1H3,(H,20,21)/p-1. The summed E-state index contributed by atoms with van der Waals surface area (Å²) in [5.41, 5.74) is 2.94. The molecule has 0 aromatic carbocycles. The number of rotatable bonds is 17. The molecule has 0 heterocycles. The van der Waals surface area contributed by atoms with Crippen molar-refractivity contribution in [3.8, 4) is 0 Å². The summed E-state index contributed by atoms with van der Waals surface area (Å²) in [6, 6.07) is 0.226. The van der Waals surface area contributed by atoms with E-state index < -0.39 is 5.97 Å². The van der Waals surface area contributed by atoms with Gasteiger partial charge in [0.15, 0.2) is 0 Å². The summed E-state index contributed by atoms with van der Waals surface area (Å²) >= 11 is 0. The van der Waals surface area contributed by atoms with E-state index in [2.05, 4.69) is 19.0 Å². The van der Waals surface area contributed by atoms with Gasteiger partial charge in [-0.05, 0) is 12.8 Å². The van der Waals surface area contributed by atoms with Crippen LogP contribution in [0.25, 0.3) is 0 Å². The van der Waals surface area contributed by atoms with Crippen molar-refractivity contribution in [1.29, 1.82) is 0 Å². The van der Waals surface area contributed by atoms with Crippen LogP contribution in [0.4, 0.5) is 0 Å². The van der Waals surface area contributed by atoms with Crippen LogP contribution in [-0.4, -0.2) is 18.6 Å². The highest BCUT2D eigenvalue weighted by Crippen LogP contribution is 2.12. The van der Waals surface area contributed by atoms with Crippen LogP contribution in [0.3, 0.4) is 0 Å². The molecule has 1 unspecified atom stereocenters. The summed E-state index contributed by atoms with van der Waals surface area (Å²) in [6.07, 6.45) is 15.5. The van der Waals surface area contributed by atoms with Gasteiger partial charge in [0, 0.05) is 18.4 Å². The molecule has 0 aliphatic rings. The lowest BCUT2D eigenvalue weighted by Gasteiger charge is -2.17. The van der Waals surface area contributed by atoms with Crippen LogP contribution in [-0.2, 0) is 9.63 Å². The van der Waals surface area contributed by atoms with Gasteiger partial charge in [-0.25, -0.2) is 0 Å². The van der Waals surface area contributed by atoms with E-state index in [-0.39, 0.29) is 19.1 Å². The van der Waals surface area contributed by atoms with Crippen LogP contribution in [0.5, 0.6) is 0 Å². The van der Waals surface area contributed by atoms with E-state index in [0.29, 0.717) is 0 Å². The van der Waals surface area contributed by atoms with Gasteiger partial charge in [0.25, 0.3) is 0 Å². The minimum absolute atomic E-state index is 0.0775. The second-order valence-corrected chi connectivity index (χ2v) is 5.93. The van der Waals surface area contributed by atoms with Gasteiger partial charge >= 0.3 is 0 Å². The maximum atomic E-state index is 10.3. The molecule has 130 valence electrons. The molecule has 0 aliphatic heterocycles. The Bertz CT molecular complexity index is 269. The van der Waals surface area contributed by atoms with Gasteiger partial charge in [0.2, 0.25) is 0 Å². The van der Waals surface area contributed by atoms with Crippen LogP contribution < -0.4 is 10.6 Å². The number of carbonyl (C=O) groups is 1. The minimum atomic E-state index is -1.08. The molecule has 0 saturated heterocycles. The van der Waals surface area contributed by atoms with Gasteiger partial charge in [-0.1, -0.05) is 70.8 Å². The highest BCUT2D eigenvalue weighted by atomic mass is 16.6. The third-order valence-electron chi connectivity index (χ3n) is 3.77. The number of carboxylic acid groups (broad SMARTS) is 1. The van der Waals surface area contributed by atoms with Crippen molar-refractivity contribution in [3.63, 3.8) is 0 Å². The van der Waals surface area contributed by atoms with Crippen molar-refractivity contribution in [2.45, 2.75) is 90.0 Å². The average molecular weight is 312 g/mol. The monoisotopic (exact) mass is 312 g/mol. The van der Waals surface area contributed by atoms with Crippen LogP contribution in [0.15, 0.2) is 12.7 Å². The van der Waals surface area contributed by atoms with Crippen molar-refractivity contribution in [2.75, 3.05) is 6.61 Å². The lowest BCUT2D eigenvalue weighted by atomic mass is 10.0. The van der Waals surface area contributed by atoms with E-state index in [1.807, 2.05) is 6.08 Å². The zero-order valence-electron chi connectivity index (χ0n) is 14.3. The Morgan fingerprint density at radius 2 is 1.73 bits per heavy atom. The Labute approximate surface area is 136 Å². The lowest BCUT2D eigenvalue weighted by Crippen LogP contribution is -2.31. The van der Waals surface area contributed by atoms with Gasteiger partial charge < -0.3 is 14.7 Å². The van der Waals surface area contributed by atoms with Gasteiger partial charge in [0.1, 0.15) is 0 Å². The second-order valence-electron chi connectivity index (χ2n) is 5.93. The zero-order chi connectivity index (χ0) is 16.5. The summed E-state index contributed by atoms with van der Waals surface area (Å²) in [6.45, 7) is 6.14. The minimum Gasteiger partial charge on any atom is -0.550 e. The Kier molecular flexibility index (Phi) is 15.8. The molecule has 22 heavy (non-hydrogen) atoms. The van der Waals surface area contributed by atoms with E-state index >= 15 is 0 Å². The van der Waals surface area contributed by atoms with Crippen molar-refractivity contribution in [2.24, 2.45) is 0 Å². The van der Waals surface area contributed by atoms with Gasteiger partial charge in [-0.3, -0.25) is 0 Å². The molecule has 1 atom stereocenters. The summed E-state index contributed by atoms with van der Waals surface area (Å²) in [5.74, 6) is -1.08. The lowest BCUT2D eigenvalue weighted by molar-refractivity contribution is -0.306. The largest absolute Gasteiger partial charge is 0.550 e. The molecule has 0 rings (SSSR count). The molecular weight excluding hydrogens is 278 g/mol. The Morgan fingerprint density at radius 3 is 2.27 bits per heavy atom. The van der Waals surface area contributed by atoms with E-state index in [1.165, 1.54) is 57.8 Å². The molecule has 0 bridgehead atoms. The number of aliphatic carboxylic acids is 1. The molecule has 0 radical (unpaired) electrons. The molecule has 4 nitrogen and oxygen atoms in total. The summed E-state index contributed by atoms with van der Waals surface area (Å²) < 4.78 is 0. The van der Waals surface area contributed by atoms with Crippen LogP contribution in [0, 0.1) is 0 Å². The predicted molar refractivity (Wildman–Crippen MR) is 89.2 cm³/mol. The molecule has 0 spiro atoms. The molecule has 0 fully saturated rings. The average Bonchev–Trinajstić information content (AvgIpc) is 2.49. The number of nitrogens with one attached hydrogen (secondary N) is 1. The summed E-state index contributed by atoms with van der Waals surface area (Å²) in [4.78, 5) is 15.5. The third kappa shape index (κ3) is 15.5. The van der Waals surface area contributed by atoms with Crippen molar-refractivity contribution in [1.82, 2.24) is 5.48 Å². The molecule has 0 aliphatic carbocycles. The fraction of sp³-hybridized carbons (Fsp3) is 0.833. The molecule has 4 heteroatoms. The van der Waals surface area contributed by atoms with E-state index in [1.54, 1.807) is 0 Å². The van der Waals surface area contributed by atoms with Crippen LogP contribution >= 0.6 is 0 Å². The smallest absolute Gasteiger partial charge is 0.0734 e. The first-order chi connectivity index (χ1) is 10.7. The Morgan fingerprint density at radius 1 is 1.14 bits per heavy atom. The van der Waals surface area contributed by atoms with Crippen LogP contribution in [0.2, 0.25) is 0 Å². The number of hydrogen-bond donors (Lipinski definition) is 1. The highest BCUT2D eigenvalue weighted by molar-refractivity contribution is 5.64. The molecule has 1 N–H and O–H groups in total. The van der Waals surface area contributed by atoms with Crippen molar-refractivity contribution in [3.05, 3.63) is 12.7 Å². The second kappa shape index (κ2) is 16.5. The first-order valence-corrected chi connectivity index (χ1v) is 8.88. The SMILES string of the molecule is C=CCC(CCCCCCCCCCC)NOCCC(=O)[O-]. The van der Waals surface area contributed by atoms with Crippen molar-refractivity contribution < 1.29 is 14.7 Å². The number of carbonyl (C=O) groups excluding carboxylic acids is 1. The molecule has 0 aromatic heterocycles. The normalized spacial score (nSPS) is 12.2. The quantitative estimate of drug-likeness (QED) is 0.254. The van der Waals surface area contributed by atoms with Gasteiger partial charge in [-0.15, -0.1) is 6.58 Å². The number of hydroxylamine groups is 1. The van der Waals surface area contributed by atoms with Crippen molar-refractivity contribution >= 4 is 5.97 Å². The number of hydrogen-bond acceptors (Lipinski definition) is 4. The topological polar surface area (TPSA) is 61.4 Å². The van der Waals surface area contributed by atoms with E-state index in [0.717, 1.165) is 12.8 Å². The van der Waals surface area contributed by atoms with Gasteiger partial charge in [-0.2, -0.15) is 5.48 Å². The first kappa shape index (κ1) is 21.1. The fourth-order valence-corrected chi connectivity index (χ4v) is 2.44. The maximum Gasteiger partial charge on any atom is 0.0734 e. The number of carboxylic acids is 1. The molecule has 0 saturated carbocycles. The summed E-state index contributed by atoms with van der Waals surface area (Å²) in [7, 11) is 0. The fourth-order valence-electron chi connectivity index (χ4n) is 2.44. The van der Waals surface area contributed by atoms with Gasteiger partial charge in [0.05, 0.1) is 6.61 Å². The highest BCUT2D eigenvalue weighted by Gasteiger charge is 2.06. The molecule has 0 amide bonds. The molecular formula is C18H34NO3-. The van der Waals surface area contributed by atoms with Crippen LogP contribution in [0.1, 0.15) is 84.0 Å². The zero-order valence-corrected chi connectivity index (χ0v) is 14.3. The third-order valence-corrected chi connectivity index (χ3v) is 3.77. The van der Waals surface area contributed by atoms with E-state index in [9.17, 15) is 9.90 Å². The summed E-state index contributed by atoms with van der Waals surface area (Å²) in [5, 5.41) is 10.3. The Balaban J connectivity index is 3.48.